The second-order valence-electron chi connectivity index (χ2n) is 2.79. The highest BCUT2D eigenvalue weighted by molar-refractivity contribution is 5.77. The minimum atomic E-state index is 0.00592. The van der Waals surface area contributed by atoms with E-state index < -0.39 is 0 Å². The van der Waals surface area contributed by atoms with Gasteiger partial charge in [-0.2, -0.15) is 5.26 Å². The quantitative estimate of drug-likeness (QED) is 0.562. The molecule has 0 unspecified atom stereocenters. The zero-order valence-corrected chi connectivity index (χ0v) is 8.10. The van der Waals surface area contributed by atoms with Gasteiger partial charge in [-0.15, -0.1) is 0 Å². The number of nitriles is 1. The van der Waals surface area contributed by atoms with Gasteiger partial charge >= 0.3 is 0 Å². The van der Waals surface area contributed by atoms with Gasteiger partial charge in [-0.3, -0.25) is 4.79 Å². The van der Waals surface area contributed by atoms with Crippen LogP contribution in [0.2, 0.25) is 0 Å². The van der Waals surface area contributed by atoms with Gasteiger partial charge in [-0.25, -0.2) is 0 Å². The van der Waals surface area contributed by atoms with Gasteiger partial charge in [-0.1, -0.05) is 6.92 Å². The lowest BCUT2D eigenvalue weighted by atomic mass is 10.3. The van der Waals surface area contributed by atoms with Crippen molar-refractivity contribution in [2.24, 2.45) is 0 Å². The van der Waals surface area contributed by atoms with Crippen molar-refractivity contribution in [3.8, 4) is 6.07 Å². The molecule has 0 saturated heterocycles. The zero-order chi connectivity index (χ0) is 9.94. The summed E-state index contributed by atoms with van der Waals surface area (Å²) in [6.45, 7) is 3.89. The van der Waals surface area contributed by atoms with Crippen LogP contribution in [0.5, 0.6) is 0 Å². The fourth-order valence-electron chi connectivity index (χ4n) is 0.836. The molecule has 0 radical (unpaired) electrons. The average molecular weight is 183 g/mol. The maximum Gasteiger partial charge on any atom is 0.233 e. The zero-order valence-electron chi connectivity index (χ0n) is 8.10. The molecule has 0 aromatic heterocycles. The SMILES string of the molecule is CCCNCC(=O)NCCCC#N. The van der Waals surface area contributed by atoms with E-state index in [0.29, 0.717) is 19.5 Å². The van der Waals surface area contributed by atoms with Gasteiger partial charge in [0.25, 0.3) is 0 Å². The molecule has 74 valence electrons. The first kappa shape index (κ1) is 11.9. The minimum absolute atomic E-state index is 0.00592. The van der Waals surface area contributed by atoms with Crippen LogP contribution in [-0.2, 0) is 4.79 Å². The molecule has 0 aliphatic carbocycles. The molecule has 0 aliphatic heterocycles. The van der Waals surface area contributed by atoms with E-state index in [2.05, 4.69) is 17.6 Å². The number of nitrogens with zero attached hydrogens (tertiary/aromatic N) is 1. The summed E-state index contributed by atoms with van der Waals surface area (Å²) >= 11 is 0. The van der Waals surface area contributed by atoms with Crippen LogP contribution >= 0.6 is 0 Å². The summed E-state index contributed by atoms with van der Waals surface area (Å²) in [5.74, 6) is 0.00592. The van der Waals surface area contributed by atoms with E-state index in [1.165, 1.54) is 0 Å². The smallest absolute Gasteiger partial charge is 0.233 e. The summed E-state index contributed by atoms with van der Waals surface area (Å²) in [4.78, 5) is 11.0. The van der Waals surface area contributed by atoms with Crippen LogP contribution in [0.3, 0.4) is 0 Å². The first-order chi connectivity index (χ1) is 6.31. The van der Waals surface area contributed by atoms with Crippen molar-refractivity contribution in [1.82, 2.24) is 10.6 Å². The number of carbonyl (C=O) groups excluding carboxylic acids is 1. The van der Waals surface area contributed by atoms with Crippen molar-refractivity contribution in [2.75, 3.05) is 19.6 Å². The molecule has 0 saturated carbocycles. The highest BCUT2D eigenvalue weighted by Gasteiger charge is 1.97. The average Bonchev–Trinajstić information content (AvgIpc) is 2.13. The second kappa shape index (κ2) is 9.01. The Kier molecular flexibility index (Phi) is 8.26. The molecule has 0 aliphatic rings. The number of nitrogens with one attached hydrogen (secondary N) is 2. The molecule has 0 rings (SSSR count). The number of unbranched alkanes of at least 4 members (excludes halogenated alkanes) is 1. The summed E-state index contributed by atoms with van der Waals surface area (Å²) in [6, 6.07) is 2.03. The third kappa shape index (κ3) is 8.83. The molecule has 0 aromatic carbocycles. The Morgan fingerprint density at radius 1 is 1.46 bits per heavy atom. The second-order valence-corrected chi connectivity index (χ2v) is 2.79. The number of carbonyl (C=O) groups is 1. The fourth-order valence-corrected chi connectivity index (χ4v) is 0.836. The molecule has 0 aromatic rings. The van der Waals surface area contributed by atoms with Gasteiger partial charge in [0.1, 0.15) is 0 Å². The van der Waals surface area contributed by atoms with Crippen molar-refractivity contribution in [3.63, 3.8) is 0 Å². The molecule has 4 nitrogen and oxygen atoms in total. The molecule has 13 heavy (non-hydrogen) atoms. The highest BCUT2D eigenvalue weighted by atomic mass is 16.1. The van der Waals surface area contributed by atoms with E-state index in [-0.39, 0.29) is 5.91 Å². The number of rotatable bonds is 7. The van der Waals surface area contributed by atoms with Crippen molar-refractivity contribution >= 4 is 5.91 Å². The van der Waals surface area contributed by atoms with Gasteiger partial charge in [0, 0.05) is 13.0 Å². The summed E-state index contributed by atoms with van der Waals surface area (Å²) in [5, 5.41) is 14.0. The normalized spacial score (nSPS) is 9.23. The molecule has 2 N–H and O–H groups in total. The van der Waals surface area contributed by atoms with Gasteiger partial charge in [-0.05, 0) is 19.4 Å². The Morgan fingerprint density at radius 3 is 2.85 bits per heavy atom. The van der Waals surface area contributed by atoms with Crippen LogP contribution in [0.15, 0.2) is 0 Å². The van der Waals surface area contributed by atoms with E-state index in [9.17, 15) is 4.79 Å². The third-order valence-electron chi connectivity index (χ3n) is 1.50. The van der Waals surface area contributed by atoms with E-state index in [0.717, 1.165) is 19.4 Å². The first-order valence-electron chi connectivity index (χ1n) is 4.65. The fraction of sp³-hybridized carbons (Fsp3) is 0.778. The molecule has 0 spiro atoms. The van der Waals surface area contributed by atoms with Crippen molar-refractivity contribution in [3.05, 3.63) is 0 Å². The molecular formula is C9H17N3O. The molecular weight excluding hydrogens is 166 g/mol. The first-order valence-corrected chi connectivity index (χ1v) is 4.65. The lowest BCUT2D eigenvalue weighted by Crippen LogP contribution is -2.34. The largest absolute Gasteiger partial charge is 0.355 e. The maximum absolute atomic E-state index is 11.0. The Morgan fingerprint density at radius 2 is 2.23 bits per heavy atom. The Balaban J connectivity index is 3.16. The van der Waals surface area contributed by atoms with Crippen LogP contribution < -0.4 is 10.6 Å². The number of amides is 1. The monoisotopic (exact) mass is 183 g/mol. The van der Waals surface area contributed by atoms with Gasteiger partial charge in [0.05, 0.1) is 12.6 Å². The summed E-state index contributed by atoms with van der Waals surface area (Å²) in [7, 11) is 0. The van der Waals surface area contributed by atoms with Gasteiger partial charge in [0.15, 0.2) is 0 Å². The van der Waals surface area contributed by atoms with Crippen LogP contribution in [0, 0.1) is 11.3 Å². The maximum atomic E-state index is 11.0. The molecule has 0 bridgehead atoms. The van der Waals surface area contributed by atoms with Crippen molar-refractivity contribution in [1.29, 1.82) is 5.26 Å². The lowest BCUT2D eigenvalue weighted by Gasteiger charge is -2.04. The topological polar surface area (TPSA) is 64.9 Å². The van der Waals surface area contributed by atoms with E-state index in [1.807, 2.05) is 6.07 Å². The third-order valence-corrected chi connectivity index (χ3v) is 1.50. The molecule has 1 amide bonds. The minimum Gasteiger partial charge on any atom is -0.355 e. The predicted molar refractivity (Wildman–Crippen MR) is 51.0 cm³/mol. The molecule has 0 heterocycles. The molecule has 0 fully saturated rings. The Bertz CT molecular complexity index is 174. The van der Waals surface area contributed by atoms with Crippen LogP contribution in [0.1, 0.15) is 26.2 Å². The summed E-state index contributed by atoms with van der Waals surface area (Å²) in [5.41, 5.74) is 0. The Hall–Kier alpha value is -1.08. The van der Waals surface area contributed by atoms with E-state index >= 15 is 0 Å². The van der Waals surface area contributed by atoms with Crippen molar-refractivity contribution in [2.45, 2.75) is 26.2 Å². The van der Waals surface area contributed by atoms with Crippen LogP contribution in [0.25, 0.3) is 0 Å². The van der Waals surface area contributed by atoms with E-state index in [4.69, 9.17) is 5.26 Å². The van der Waals surface area contributed by atoms with E-state index in [1.54, 1.807) is 0 Å². The molecule has 0 atom stereocenters. The summed E-state index contributed by atoms with van der Waals surface area (Å²) in [6.07, 6.45) is 2.26. The van der Waals surface area contributed by atoms with Crippen molar-refractivity contribution < 1.29 is 4.79 Å². The lowest BCUT2D eigenvalue weighted by molar-refractivity contribution is -0.120. The number of hydrogen-bond donors (Lipinski definition) is 2. The highest BCUT2D eigenvalue weighted by Crippen LogP contribution is 1.82. The summed E-state index contributed by atoms with van der Waals surface area (Å²) < 4.78 is 0. The van der Waals surface area contributed by atoms with Crippen LogP contribution in [0.4, 0.5) is 0 Å². The van der Waals surface area contributed by atoms with Gasteiger partial charge in [0.2, 0.25) is 5.91 Å². The number of hydrogen-bond acceptors (Lipinski definition) is 3. The molecule has 4 heteroatoms. The Labute approximate surface area is 79.3 Å². The predicted octanol–water partition coefficient (Wildman–Crippen LogP) is 0.406. The van der Waals surface area contributed by atoms with Gasteiger partial charge < -0.3 is 10.6 Å². The standard InChI is InChI=1S/C9H17N3O/c1-2-6-11-8-9(13)12-7-4-3-5-10/h11H,2-4,6-8H2,1H3,(H,12,13). The van der Waals surface area contributed by atoms with Crippen LogP contribution in [-0.4, -0.2) is 25.5 Å².